The standard InChI is InChI=1S/C18H15IN2O5/c1-11-21(2)17-16(18(23)26-11)13(14(19)8-20-17)9-25-15(22)10-24-12-6-4-3-5-7-12/h3-8H,1,9-10H2,2H3. The summed E-state index contributed by atoms with van der Waals surface area (Å²) in [5, 5.41) is 0. The highest BCUT2D eigenvalue weighted by Gasteiger charge is 2.31. The second-order valence-corrected chi connectivity index (χ2v) is 6.55. The fourth-order valence-corrected chi connectivity index (χ4v) is 2.89. The molecule has 0 saturated carbocycles. The molecule has 1 aromatic carbocycles. The number of hydrogen-bond acceptors (Lipinski definition) is 7. The highest BCUT2D eigenvalue weighted by molar-refractivity contribution is 14.1. The van der Waals surface area contributed by atoms with Crippen LogP contribution in [0.25, 0.3) is 0 Å². The summed E-state index contributed by atoms with van der Waals surface area (Å²) in [5.41, 5.74) is 0.802. The summed E-state index contributed by atoms with van der Waals surface area (Å²) in [6.45, 7) is 3.35. The van der Waals surface area contributed by atoms with Crippen LogP contribution in [0.3, 0.4) is 0 Å². The average molecular weight is 466 g/mol. The van der Waals surface area contributed by atoms with Crippen LogP contribution in [0.5, 0.6) is 5.75 Å². The van der Waals surface area contributed by atoms with Crippen molar-refractivity contribution in [2.24, 2.45) is 0 Å². The maximum atomic E-state index is 12.3. The number of carbonyl (C=O) groups excluding carboxylic acids is 2. The summed E-state index contributed by atoms with van der Waals surface area (Å²) in [6, 6.07) is 8.96. The Hall–Kier alpha value is -2.62. The van der Waals surface area contributed by atoms with E-state index in [0.717, 1.165) is 0 Å². The minimum absolute atomic E-state index is 0.0878. The van der Waals surface area contributed by atoms with Gasteiger partial charge in [-0.25, -0.2) is 14.6 Å². The summed E-state index contributed by atoms with van der Waals surface area (Å²) < 4.78 is 16.4. The van der Waals surface area contributed by atoms with Crippen molar-refractivity contribution < 1.29 is 23.8 Å². The van der Waals surface area contributed by atoms with Crippen molar-refractivity contribution in [2.75, 3.05) is 18.6 Å². The average Bonchev–Trinajstić information content (AvgIpc) is 2.64. The maximum Gasteiger partial charge on any atom is 0.349 e. The first kappa shape index (κ1) is 18.2. The van der Waals surface area contributed by atoms with Crippen LogP contribution in [0.4, 0.5) is 5.82 Å². The van der Waals surface area contributed by atoms with Gasteiger partial charge in [-0.3, -0.25) is 4.90 Å². The van der Waals surface area contributed by atoms with Gasteiger partial charge in [0.1, 0.15) is 23.7 Å². The number of anilines is 1. The van der Waals surface area contributed by atoms with E-state index in [1.165, 1.54) is 0 Å². The van der Waals surface area contributed by atoms with Crippen LogP contribution in [-0.2, 0) is 20.9 Å². The number of fused-ring (bicyclic) bond motifs is 1. The highest BCUT2D eigenvalue weighted by atomic mass is 127. The molecular weight excluding hydrogens is 451 g/mol. The van der Waals surface area contributed by atoms with Crippen molar-refractivity contribution in [3.63, 3.8) is 0 Å². The largest absolute Gasteiger partial charge is 0.482 e. The number of para-hydroxylation sites is 1. The van der Waals surface area contributed by atoms with Gasteiger partial charge in [0.05, 0.1) is 0 Å². The van der Waals surface area contributed by atoms with Crippen molar-refractivity contribution in [1.29, 1.82) is 0 Å². The molecule has 0 aliphatic carbocycles. The molecule has 7 nitrogen and oxygen atoms in total. The third-order valence-electron chi connectivity index (χ3n) is 3.70. The molecule has 0 unspecified atom stereocenters. The molecule has 2 heterocycles. The third-order valence-corrected chi connectivity index (χ3v) is 4.63. The van der Waals surface area contributed by atoms with Gasteiger partial charge in [0.15, 0.2) is 12.5 Å². The molecular formula is C18H15IN2O5. The number of benzene rings is 1. The second kappa shape index (κ2) is 7.73. The Morgan fingerprint density at radius 1 is 1.35 bits per heavy atom. The number of pyridine rings is 1. The predicted octanol–water partition coefficient (Wildman–Crippen LogP) is 2.89. The molecule has 0 saturated heterocycles. The van der Waals surface area contributed by atoms with E-state index in [9.17, 15) is 9.59 Å². The van der Waals surface area contributed by atoms with Crippen LogP contribution >= 0.6 is 22.6 Å². The van der Waals surface area contributed by atoms with E-state index in [2.05, 4.69) is 11.6 Å². The minimum Gasteiger partial charge on any atom is -0.482 e. The Balaban J connectivity index is 1.71. The van der Waals surface area contributed by atoms with Gasteiger partial charge in [0.2, 0.25) is 0 Å². The lowest BCUT2D eigenvalue weighted by Crippen LogP contribution is -2.30. The van der Waals surface area contributed by atoms with Crippen LogP contribution in [0.2, 0.25) is 0 Å². The number of nitrogens with zero attached hydrogens (tertiary/aromatic N) is 2. The van der Waals surface area contributed by atoms with E-state index < -0.39 is 11.9 Å². The zero-order chi connectivity index (χ0) is 18.7. The monoisotopic (exact) mass is 466 g/mol. The Kier molecular flexibility index (Phi) is 5.40. The lowest BCUT2D eigenvalue weighted by Gasteiger charge is -2.28. The molecule has 134 valence electrons. The quantitative estimate of drug-likeness (QED) is 0.496. The summed E-state index contributed by atoms with van der Waals surface area (Å²) >= 11 is 2.03. The number of halogens is 1. The van der Waals surface area contributed by atoms with Gasteiger partial charge in [-0.2, -0.15) is 0 Å². The van der Waals surface area contributed by atoms with Crippen LogP contribution < -0.4 is 9.64 Å². The second-order valence-electron chi connectivity index (χ2n) is 5.39. The Morgan fingerprint density at radius 3 is 2.81 bits per heavy atom. The molecule has 1 aliphatic rings. The fourth-order valence-electron chi connectivity index (χ4n) is 2.32. The topological polar surface area (TPSA) is 78.0 Å². The van der Waals surface area contributed by atoms with Gasteiger partial charge in [0, 0.05) is 22.4 Å². The molecule has 1 aromatic heterocycles. The van der Waals surface area contributed by atoms with Crippen LogP contribution in [0.1, 0.15) is 15.9 Å². The number of carbonyl (C=O) groups is 2. The molecule has 0 N–H and O–H groups in total. The molecule has 0 atom stereocenters. The predicted molar refractivity (Wildman–Crippen MR) is 102 cm³/mol. The van der Waals surface area contributed by atoms with Gasteiger partial charge < -0.3 is 14.2 Å². The van der Waals surface area contributed by atoms with E-state index in [0.29, 0.717) is 20.7 Å². The number of cyclic esters (lactones) is 1. The Bertz CT molecular complexity index is 869. The zero-order valence-electron chi connectivity index (χ0n) is 13.9. The van der Waals surface area contributed by atoms with Gasteiger partial charge in [-0.15, -0.1) is 0 Å². The molecule has 26 heavy (non-hydrogen) atoms. The van der Waals surface area contributed by atoms with E-state index in [4.69, 9.17) is 14.2 Å². The van der Waals surface area contributed by atoms with Crippen molar-refractivity contribution in [1.82, 2.24) is 4.98 Å². The van der Waals surface area contributed by atoms with Crippen molar-refractivity contribution in [2.45, 2.75) is 6.61 Å². The van der Waals surface area contributed by atoms with E-state index in [1.54, 1.807) is 30.3 Å². The third kappa shape index (κ3) is 3.79. The first-order valence-electron chi connectivity index (χ1n) is 7.63. The molecule has 8 heteroatoms. The summed E-state index contributed by atoms with van der Waals surface area (Å²) in [7, 11) is 1.69. The number of rotatable bonds is 5. The lowest BCUT2D eigenvalue weighted by molar-refractivity contribution is -0.147. The number of esters is 2. The fraction of sp³-hybridized carbons (Fsp3) is 0.167. The maximum absolute atomic E-state index is 12.3. The molecule has 0 spiro atoms. The molecule has 2 aromatic rings. The number of ether oxygens (including phenoxy) is 3. The Morgan fingerprint density at radius 2 is 2.08 bits per heavy atom. The van der Waals surface area contributed by atoms with Crippen LogP contribution in [0, 0.1) is 3.57 Å². The summed E-state index contributed by atoms with van der Waals surface area (Å²) in [5.74, 6) is 0.0653. The summed E-state index contributed by atoms with van der Waals surface area (Å²) in [4.78, 5) is 30.0. The van der Waals surface area contributed by atoms with Crippen LogP contribution in [0.15, 0.2) is 49.0 Å². The van der Waals surface area contributed by atoms with Gasteiger partial charge in [0.25, 0.3) is 0 Å². The zero-order valence-corrected chi connectivity index (χ0v) is 16.1. The van der Waals surface area contributed by atoms with Crippen molar-refractivity contribution in [3.05, 3.63) is 63.7 Å². The number of aromatic nitrogens is 1. The van der Waals surface area contributed by atoms with Gasteiger partial charge in [-0.1, -0.05) is 18.2 Å². The summed E-state index contributed by atoms with van der Waals surface area (Å²) in [6.07, 6.45) is 1.60. The van der Waals surface area contributed by atoms with Gasteiger partial charge >= 0.3 is 11.9 Å². The van der Waals surface area contributed by atoms with Gasteiger partial charge in [-0.05, 0) is 41.3 Å². The molecule has 0 fully saturated rings. The first-order valence-corrected chi connectivity index (χ1v) is 8.71. The van der Waals surface area contributed by atoms with E-state index >= 15 is 0 Å². The Labute approximate surface area is 163 Å². The van der Waals surface area contributed by atoms with Crippen molar-refractivity contribution in [3.8, 4) is 5.75 Å². The molecule has 3 rings (SSSR count). The highest BCUT2D eigenvalue weighted by Crippen LogP contribution is 2.32. The normalized spacial score (nSPS) is 13.1. The molecule has 1 aliphatic heterocycles. The SMILES string of the molecule is C=C1OC(=O)c2c(ncc(I)c2COC(=O)COc2ccccc2)N1C. The lowest BCUT2D eigenvalue weighted by atomic mass is 10.1. The van der Waals surface area contributed by atoms with Crippen LogP contribution in [-0.4, -0.2) is 30.6 Å². The van der Waals surface area contributed by atoms with E-state index in [-0.39, 0.29) is 24.7 Å². The number of hydrogen-bond donors (Lipinski definition) is 0. The molecule has 0 radical (unpaired) electrons. The molecule has 0 amide bonds. The minimum atomic E-state index is -0.569. The van der Waals surface area contributed by atoms with Crippen molar-refractivity contribution >= 4 is 40.3 Å². The first-order chi connectivity index (χ1) is 12.5. The molecule has 0 bridgehead atoms. The van der Waals surface area contributed by atoms with E-state index in [1.807, 2.05) is 40.8 Å². The smallest absolute Gasteiger partial charge is 0.349 e.